The zero-order valence-electron chi connectivity index (χ0n) is 12.5. The third kappa shape index (κ3) is 3.80. The van der Waals surface area contributed by atoms with Gasteiger partial charge in [-0.1, -0.05) is 34.1 Å². The number of aliphatic hydroxyl groups is 1. The Bertz CT molecular complexity index is 426. The summed E-state index contributed by atoms with van der Waals surface area (Å²) in [5, 5.41) is 16.5. The molecule has 1 aromatic heterocycles. The number of amides is 1. The first-order chi connectivity index (χ1) is 8.90. The van der Waals surface area contributed by atoms with Crippen LogP contribution in [0.2, 0.25) is 0 Å². The number of aliphatic hydroxyl groups excluding tert-OH is 1. The molecule has 0 aliphatic heterocycles. The summed E-state index contributed by atoms with van der Waals surface area (Å²) >= 11 is 0. The molecule has 0 saturated heterocycles. The van der Waals surface area contributed by atoms with Gasteiger partial charge in [0.05, 0.1) is 18.3 Å². The number of carbonyl (C=O) groups excluding carboxylic acids is 1. The minimum Gasteiger partial charge on any atom is -0.394 e. The molecule has 5 heteroatoms. The fourth-order valence-corrected chi connectivity index (χ4v) is 1.88. The standard InChI is InChI=1S/C14H25N3O2/c1-6-10(4)12(8-18)15-14(19)13-7-11(9(2)3)16-17(13)5/h7,9-10,12,18H,6,8H2,1-5H3,(H,15,19)/t10-,12-/m0/s1. The highest BCUT2D eigenvalue weighted by molar-refractivity contribution is 5.92. The van der Waals surface area contributed by atoms with Crippen molar-refractivity contribution in [3.8, 4) is 0 Å². The number of rotatable bonds is 6. The van der Waals surface area contributed by atoms with Gasteiger partial charge >= 0.3 is 0 Å². The van der Waals surface area contributed by atoms with Crippen molar-refractivity contribution in [3.05, 3.63) is 17.5 Å². The summed E-state index contributed by atoms with van der Waals surface area (Å²) in [5.41, 5.74) is 1.43. The van der Waals surface area contributed by atoms with Crippen LogP contribution in [0.4, 0.5) is 0 Å². The van der Waals surface area contributed by atoms with Crippen LogP contribution in [0.1, 0.15) is 56.2 Å². The van der Waals surface area contributed by atoms with E-state index in [0.29, 0.717) is 5.69 Å². The lowest BCUT2D eigenvalue weighted by Crippen LogP contribution is -2.42. The molecule has 5 nitrogen and oxygen atoms in total. The van der Waals surface area contributed by atoms with Crippen LogP contribution in [0.15, 0.2) is 6.07 Å². The molecule has 1 aromatic rings. The van der Waals surface area contributed by atoms with Crippen LogP contribution in [0.25, 0.3) is 0 Å². The lowest BCUT2D eigenvalue weighted by molar-refractivity contribution is 0.0882. The first-order valence-corrected chi connectivity index (χ1v) is 6.86. The third-order valence-electron chi connectivity index (χ3n) is 3.57. The fourth-order valence-electron chi connectivity index (χ4n) is 1.88. The largest absolute Gasteiger partial charge is 0.394 e. The van der Waals surface area contributed by atoms with Gasteiger partial charge in [-0.2, -0.15) is 5.10 Å². The molecule has 0 bridgehead atoms. The van der Waals surface area contributed by atoms with E-state index in [1.165, 1.54) is 0 Å². The van der Waals surface area contributed by atoms with Crippen molar-refractivity contribution in [2.75, 3.05) is 6.61 Å². The van der Waals surface area contributed by atoms with Crippen molar-refractivity contribution < 1.29 is 9.90 Å². The number of hydrogen-bond donors (Lipinski definition) is 2. The zero-order chi connectivity index (χ0) is 14.6. The molecule has 0 saturated carbocycles. The molecule has 0 aliphatic rings. The van der Waals surface area contributed by atoms with Gasteiger partial charge in [-0.05, 0) is 17.9 Å². The molecule has 2 atom stereocenters. The van der Waals surface area contributed by atoms with Gasteiger partial charge in [-0.25, -0.2) is 0 Å². The Hall–Kier alpha value is -1.36. The lowest BCUT2D eigenvalue weighted by Gasteiger charge is -2.21. The number of aromatic nitrogens is 2. The summed E-state index contributed by atoms with van der Waals surface area (Å²) in [7, 11) is 1.76. The van der Waals surface area contributed by atoms with Gasteiger partial charge < -0.3 is 10.4 Å². The minimum atomic E-state index is -0.213. The molecular weight excluding hydrogens is 242 g/mol. The SMILES string of the molecule is CC[C@H](C)[C@H](CO)NC(=O)c1cc(C(C)C)nn1C. The molecule has 0 unspecified atom stereocenters. The second-order valence-corrected chi connectivity index (χ2v) is 5.38. The van der Waals surface area contributed by atoms with Gasteiger partial charge in [0, 0.05) is 7.05 Å². The average molecular weight is 267 g/mol. The van der Waals surface area contributed by atoms with E-state index >= 15 is 0 Å². The van der Waals surface area contributed by atoms with Crippen LogP contribution in [0.5, 0.6) is 0 Å². The summed E-state index contributed by atoms with van der Waals surface area (Å²) in [6.45, 7) is 8.10. The van der Waals surface area contributed by atoms with Gasteiger partial charge in [-0.15, -0.1) is 0 Å². The molecule has 0 radical (unpaired) electrons. The van der Waals surface area contributed by atoms with Crippen LogP contribution >= 0.6 is 0 Å². The maximum absolute atomic E-state index is 12.2. The second kappa shape index (κ2) is 6.70. The van der Waals surface area contributed by atoms with E-state index < -0.39 is 0 Å². The molecule has 0 fully saturated rings. The predicted molar refractivity (Wildman–Crippen MR) is 75.1 cm³/mol. The summed E-state index contributed by atoms with van der Waals surface area (Å²) < 4.78 is 1.59. The van der Waals surface area contributed by atoms with E-state index in [9.17, 15) is 9.90 Å². The van der Waals surface area contributed by atoms with Crippen LogP contribution in [-0.4, -0.2) is 33.4 Å². The van der Waals surface area contributed by atoms with Gasteiger partial charge in [0.2, 0.25) is 0 Å². The number of nitrogens with one attached hydrogen (secondary N) is 1. The Kier molecular flexibility index (Phi) is 5.54. The highest BCUT2D eigenvalue weighted by atomic mass is 16.3. The van der Waals surface area contributed by atoms with Gasteiger partial charge in [-0.3, -0.25) is 9.48 Å². The summed E-state index contributed by atoms with van der Waals surface area (Å²) in [5.74, 6) is 0.351. The predicted octanol–water partition coefficient (Wildman–Crippen LogP) is 1.68. The average Bonchev–Trinajstić information content (AvgIpc) is 2.77. The molecule has 1 rings (SSSR count). The molecule has 0 spiro atoms. The maximum atomic E-state index is 12.2. The fraction of sp³-hybridized carbons (Fsp3) is 0.714. The van der Waals surface area contributed by atoms with Crippen LogP contribution in [0.3, 0.4) is 0 Å². The van der Waals surface area contributed by atoms with Gasteiger partial charge in [0.15, 0.2) is 0 Å². The molecule has 1 heterocycles. The Morgan fingerprint density at radius 2 is 2.11 bits per heavy atom. The monoisotopic (exact) mass is 267 g/mol. The van der Waals surface area contributed by atoms with E-state index in [4.69, 9.17) is 0 Å². The van der Waals surface area contributed by atoms with E-state index in [1.54, 1.807) is 11.7 Å². The Morgan fingerprint density at radius 1 is 1.47 bits per heavy atom. The lowest BCUT2D eigenvalue weighted by atomic mass is 10.00. The van der Waals surface area contributed by atoms with Crippen molar-refractivity contribution in [1.82, 2.24) is 15.1 Å². The minimum absolute atomic E-state index is 0.0460. The molecule has 0 aliphatic carbocycles. The van der Waals surface area contributed by atoms with Gasteiger partial charge in [0.1, 0.15) is 5.69 Å². The van der Waals surface area contributed by atoms with Crippen molar-refractivity contribution in [1.29, 1.82) is 0 Å². The summed E-state index contributed by atoms with van der Waals surface area (Å²) in [6.07, 6.45) is 0.911. The number of aryl methyl sites for hydroxylation is 1. The van der Waals surface area contributed by atoms with E-state index in [-0.39, 0.29) is 30.4 Å². The molecule has 0 aromatic carbocycles. The van der Waals surface area contributed by atoms with Crippen LogP contribution in [-0.2, 0) is 7.05 Å². The smallest absolute Gasteiger partial charge is 0.269 e. The van der Waals surface area contributed by atoms with Crippen LogP contribution in [0, 0.1) is 5.92 Å². The number of nitrogens with zero attached hydrogens (tertiary/aromatic N) is 2. The Balaban J connectivity index is 2.82. The molecule has 108 valence electrons. The second-order valence-electron chi connectivity index (χ2n) is 5.38. The molecule has 1 amide bonds. The summed E-state index contributed by atoms with van der Waals surface area (Å²) in [4.78, 5) is 12.2. The third-order valence-corrected chi connectivity index (χ3v) is 3.57. The summed E-state index contributed by atoms with van der Waals surface area (Å²) in [6, 6.07) is 1.60. The van der Waals surface area contributed by atoms with E-state index in [0.717, 1.165) is 12.1 Å². The Morgan fingerprint density at radius 3 is 2.53 bits per heavy atom. The molecular formula is C14H25N3O2. The van der Waals surface area contributed by atoms with Gasteiger partial charge in [0.25, 0.3) is 5.91 Å². The van der Waals surface area contributed by atoms with Crippen molar-refractivity contribution >= 4 is 5.91 Å². The van der Waals surface area contributed by atoms with Crippen LogP contribution < -0.4 is 5.32 Å². The van der Waals surface area contributed by atoms with E-state index in [2.05, 4.69) is 10.4 Å². The topological polar surface area (TPSA) is 67.2 Å². The number of hydrogen-bond acceptors (Lipinski definition) is 3. The zero-order valence-corrected chi connectivity index (χ0v) is 12.5. The first-order valence-electron chi connectivity index (χ1n) is 6.86. The first kappa shape index (κ1) is 15.7. The Labute approximate surface area is 115 Å². The normalized spacial score (nSPS) is 14.5. The quantitative estimate of drug-likeness (QED) is 0.824. The molecule has 2 N–H and O–H groups in total. The van der Waals surface area contributed by atoms with Crippen molar-refractivity contribution in [2.24, 2.45) is 13.0 Å². The highest BCUT2D eigenvalue weighted by Crippen LogP contribution is 2.14. The maximum Gasteiger partial charge on any atom is 0.269 e. The van der Waals surface area contributed by atoms with E-state index in [1.807, 2.05) is 33.8 Å². The highest BCUT2D eigenvalue weighted by Gasteiger charge is 2.21. The number of carbonyl (C=O) groups is 1. The van der Waals surface area contributed by atoms with Crippen molar-refractivity contribution in [3.63, 3.8) is 0 Å². The molecule has 19 heavy (non-hydrogen) atoms. The van der Waals surface area contributed by atoms with Crippen molar-refractivity contribution in [2.45, 2.75) is 46.1 Å².